The monoisotopic (exact) mass is 351 g/mol. The number of hydrogen-bond donors (Lipinski definition) is 2. The lowest BCUT2D eigenvalue weighted by atomic mass is 10.1. The second-order valence-corrected chi connectivity index (χ2v) is 6.54. The van der Waals surface area contributed by atoms with Gasteiger partial charge in [-0.25, -0.2) is 9.97 Å². The van der Waals surface area contributed by atoms with Gasteiger partial charge in [-0.1, -0.05) is 0 Å². The molecule has 3 aromatic rings. The Labute approximate surface area is 151 Å². The Morgan fingerprint density at radius 3 is 2.73 bits per heavy atom. The predicted molar refractivity (Wildman–Crippen MR) is 102 cm³/mol. The van der Waals surface area contributed by atoms with Gasteiger partial charge in [0.05, 0.1) is 5.69 Å². The summed E-state index contributed by atoms with van der Waals surface area (Å²) in [6.07, 6.45) is 5.10. The molecule has 0 saturated carbocycles. The molecule has 0 aliphatic carbocycles. The zero-order valence-electron chi connectivity index (χ0n) is 15.2. The van der Waals surface area contributed by atoms with Crippen LogP contribution in [0.25, 0.3) is 22.0 Å². The highest BCUT2D eigenvalue weighted by atomic mass is 16.5. The lowest BCUT2D eigenvalue weighted by Crippen LogP contribution is -2.39. The summed E-state index contributed by atoms with van der Waals surface area (Å²) in [6, 6.07) is 5.60. The minimum absolute atomic E-state index is 0.280. The molecule has 0 radical (unpaired) electrons. The van der Waals surface area contributed by atoms with E-state index >= 15 is 0 Å². The molecular weight excluding hydrogens is 330 g/mol. The number of aromatic nitrogens is 3. The lowest BCUT2D eigenvalue weighted by Gasteiger charge is -2.21. The lowest BCUT2D eigenvalue weighted by molar-refractivity contribution is -0.133. The summed E-state index contributed by atoms with van der Waals surface area (Å²) < 4.78 is 5.19. The first-order valence-electron chi connectivity index (χ1n) is 8.15. The number of aryl methyl sites for hydroxylation is 1. The van der Waals surface area contributed by atoms with E-state index in [1.807, 2.05) is 19.1 Å². The maximum Gasteiger partial charge on any atom is 0.257 e. The zero-order valence-corrected chi connectivity index (χ0v) is 15.2. The Bertz CT molecular complexity index is 985. The van der Waals surface area contributed by atoms with Crippen LogP contribution in [0.4, 0.5) is 11.6 Å². The summed E-state index contributed by atoms with van der Waals surface area (Å²) in [7, 11) is 1.49. The van der Waals surface area contributed by atoms with E-state index in [1.165, 1.54) is 7.11 Å². The molecular formula is C19H21N5O2. The van der Waals surface area contributed by atoms with Crippen molar-refractivity contribution in [2.24, 2.45) is 0 Å². The van der Waals surface area contributed by atoms with Crippen molar-refractivity contribution < 1.29 is 9.53 Å². The number of fused-ring (bicyclic) bond motifs is 1. The minimum atomic E-state index is -0.952. The number of carbonyl (C=O) groups is 1. The fourth-order valence-electron chi connectivity index (χ4n) is 2.47. The summed E-state index contributed by atoms with van der Waals surface area (Å²) >= 11 is 0. The molecule has 3 N–H and O–H groups in total. The number of anilines is 2. The zero-order chi connectivity index (χ0) is 18.9. The molecule has 0 atom stereocenters. The van der Waals surface area contributed by atoms with Crippen LogP contribution in [0, 0.1) is 6.92 Å². The van der Waals surface area contributed by atoms with Gasteiger partial charge in [-0.2, -0.15) is 0 Å². The number of ether oxygens (including phenoxy) is 1. The molecule has 0 fully saturated rings. The van der Waals surface area contributed by atoms with Gasteiger partial charge in [-0.05, 0) is 49.9 Å². The van der Waals surface area contributed by atoms with Gasteiger partial charge in [0.1, 0.15) is 17.2 Å². The topological polar surface area (TPSA) is 103 Å². The average Bonchev–Trinajstić information content (AvgIpc) is 2.61. The summed E-state index contributed by atoms with van der Waals surface area (Å²) in [5.74, 6) is 0.521. The minimum Gasteiger partial charge on any atom is -0.383 e. The largest absolute Gasteiger partial charge is 0.383 e. The number of amides is 1. The molecule has 0 bridgehead atoms. The van der Waals surface area contributed by atoms with Crippen molar-refractivity contribution in [1.29, 1.82) is 0 Å². The number of nitrogen functional groups attached to an aromatic ring is 1. The van der Waals surface area contributed by atoms with Crippen molar-refractivity contribution in [3.8, 4) is 11.3 Å². The third kappa shape index (κ3) is 3.34. The van der Waals surface area contributed by atoms with Gasteiger partial charge >= 0.3 is 0 Å². The predicted octanol–water partition coefficient (Wildman–Crippen LogP) is 2.95. The maximum absolute atomic E-state index is 12.3. The van der Waals surface area contributed by atoms with E-state index in [-0.39, 0.29) is 5.91 Å². The number of hydrogen-bond acceptors (Lipinski definition) is 6. The molecule has 0 spiro atoms. The molecule has 1 amide bonds. The molecule has 3 heterocycles. The number of nitrogens with two attached hydrogens (primary N) is 1. The molecule has 26 heavy (non-hydrogen) atoms. The highest BCUT2D eigenvalue weighted by molar-refractivity contribution is 5.99. The van der Waals surface area contributed by atoms with Gasteiger partial charge < -0.3 is 15.8 Å². The maximum atomic E-state index is 12.3. The van der Waals surface area contributed by atoms with Gasteiger partial charge in [0.2, 0.25) is 0 Å². The van der Waals surface area contributed by atoms with E-state index < -0.39 is 5.60 Å². The highest BCUT2D eigenvalue weighted by Crippen LogP contribution is 2.28. The van der Waals surface area contributed by atoms with Gasteiger partial charge in [0.15, 0.2) is 0 Å². The molecule has 0 saturated heterocycles. The first-order valence-corrected chi connectivity index (χ1v) is 8.15. The summed E-state index contributed by atoms with van der Waals surface area (Å²) in [4.78, 5) is 25.2. The van der Waals surface area contributed by atoms with Crippen LogP contribution in [-0.2, 0) is 9.53 Å². The van der Waals surface area contributed by atoms with E-state index in [1.54, 1.807) is 38.5 Å². The molecule has 7 nitrogen and oxygen atoms in total. The molecule has 0 unspecified atom stereocenters. The molecule has 134 valence electrons. The average molecular weight is 351 g/mol. The molecule has 0 aliphatic heterocycles. The second kappa shape index (κ2) is 6.68. The van der Waals surface area contributed by atoms with Crippen LogP contribution in [0.15, 0.2) is 36.8 Å². The fourth-order valence-corrected chi connectivity index (χ4v) is 2.47. The van der Waals surface area contributed by atoms with Crippen molar-refractivity contribution >= 4 is 28.3 Å². The number of rotatable bonds is 4. The van der Waals surface area contributed by atoms with Crippen LogP contribution in [0.5, 0.6) is 0 Å². The second-order valence-electron chi connectivity index (χ2n) is 6.54. The SMILES string of the molecule is COC(C)(C)C(=O)Nc1cc2cc(-c3cnccc3C)nc(N)c2cn1. The normalized spacial score (nSPS) is 11.5. The van der Waals surface area contributed by atoms with Crippen molar-refractivity contribution in [3.05, 3.63) is 42.4 Å². The van der Waals surface area contributed by atoms with E-state index in [4.69, 9.17) is 10.5 Å². The Kier molecular flexibility index (Phi) is 4.56. The van der Waals surface area contributed by atoms with Crippen LogP contribution in [0.2, 0.25) is 0 Å². The third-order valence-corrected chi connectivity index (χ3v) is 4.36. The summed E-state index contributed by atoms with van der Waals surface area (Å²) in [5, 5.41) is 4.32. The Morgan fingerprint density at radius 2 is 2.04 bits per heavy atom. The number of nitrogens with zero attached hydrogens (tertiary/aromatic N) is 3. The summed E-state index contributed by atoms with van der Waals surface area (Å²) in [6.45, 7) is 5.37. The van der Waals surface area contributed by atoms with Crippen molar-refractivity contribution in [3.63, 3.8) is 0 Å². The van der Waals surface area contributed by atoms with Crippen molar-refractivity contribution in [1.82, 2.24) is 15.0 Å². The Morgan fingerprint density at radius 1 is 1.27 bits per heavy atom. The van der Waals surface area contributed by atoms with E-state index in [9.17, 15) is 4.79 Å². The molecule has 3 rings (SSSR count). The van der Waals surface area contributed by atoms with Gasteiger partial charge in [-0.3, -0.25) is 9.78 Å². The van der Waals surface area contributed by atoms with Gasteiger partial charge in [-0.15, -0.1) is 0 Å². The Balaban J connectivity index is 2.04. The van der Waals surface area contributed by atoms with Crippen molar-refractivity contribution in [2.45, 2.75) is 26.4 Å². The summed E-state index contributed by atoms with van der Waals surface area (Å²) in [5.41, 5.74) is 7.84. The van der Waals surface area contributed by atoms with Gasteiger partial charge in [0, 0.05) is 36.7 Å². The third-order valence-electron chi connectivity index (χ3n) is 4.36. The first kappa shape index (κ1) is 17.8. The van der Waals surface area contributed by atoms with Crippen LogP contribution < -0.4 is 11.1 Å². The van der Waals surface area contributed by atoms with Crippen LogP contribution in [-0.4, -0.2) is 33.6 Å². The van der Waals surface area contributed by atoms with Crippen LogP contribution in [0.1, 0.15) is 19.4 Å². The van der Waals surface area contributed by atoms with Crippen molar-refractivity contribution in [2.75, 3.05) is 18.2 Å². The molecule has 0 aliphatic rings. The molecule has 3 aromatic heterocycles. The fraction of sp³-hybridized carbons (Fsp3) is 0.263. The van der Waals surface area contributed by atoms with Gasteiger partial charge in [0.25, 0.3) is 5.91 Å². The van der Waals surface area contributed by atoms with E-state index in [0.29, 0.717) is 11.6 Å². The van der Waals surface area contributed by atoms with Crippen LogP contribution in [0.3, 0.4) is 0 Å². The molecule has 0 aromatic carbocycles. The number of nitrogens with one attached hydrogen (secondary N) is 1. The number of methoxy groups -OCH3 is 1. The first-order chi connectivity index (χ1) is 12.3. The smallest absolute Gasteiger partial charge is 0.257 e. The highest BCUT2D eigenvalue weighted by Gasteiger charge is 2.27. The number of carbonyl (C=O) groups excluding carboxylic acids is 1. The van der Waals surface area contributed by atoms with Crippen LogP contribution >= 0.6 is 0 Å². The molecule has 7 heteroatoms. The quantitative estimate of drug-likeness (QED) is 0.749. The van der Waals surface area contributed by atoms with E-state index in [2.05, 4.69) is 20.3 Å². The standard InChI is InChI=1S/C19H21N5O2/c1-11-5-6-21-9-13(11)15-7-12-8-16(22-10-14(12)17(20)23-15)24-18(25)19(2,3)26-4/h5-10H,1-4H3,(H2,20,23)(H,22,24,25). The number of pyridine rings is 3. The van der Waals surface area contributed by atoms with E-state index in [0.717, 1.165) is 27.6 Å². The Hall–Kier alpha value is -3.06.